The van der Waals surface area contributed by atoms with Gasteiger partial charge in [-0.3, -0.25) is 9.69 Å². The second-order valence-electron chi connectivity index (χ2n) is 9.25. The molecule has 5 rings (SSSR count). The van der Waals surface area contributed by atoms with Crippen molar-refractivity contribution in [3.05, 3.63) is 81.9 Å². The number of methoxy groups -OCH3 is 1. The number of pyridine rings is 1. The van der Waals surface area contributed by atoms with Gasteiger partial charge in [0, 0.05) is 36.2 Å². The first kappa shape index (κ1) is 24.1. The van der Waals surface area contributed by atoms with Gasteiger partial charge in [0.05, 0.1) is 25.8 Å². The molecule has 3 heterocycles. The van der Waals surface area contributed by atoms with Crippen LogP contribution in [-0.2, 0) is 17.8 Å². The predicted octanol–water partition coefficient (Wildman–Crippen LogP) is 3.70. The summed E-state index contributed by atoms with van der Waals surface area (Å²) in [7, 11) is 1.64. The van der Waals surface area contributed by atoms with Gasteiger partial charge in [0.25, 0.3) is 5.56 Å². The first-order valence-corrected chi connectivity index (χ1v) is 12.5. The number of hydrogen-bond acceptors (Lipinski definition) is 7. The van der Waals surface area contributed by atoms with Gasteiger partial charge in [-0.15, -0.1) is 5.10 Å². The zero-order chi connectivity index (χ0) is 24.9. The Bertz CT molecular complexity index is 1350. The molecule has 0 aliphatic carbocycles. The van der Waals surface area contributed by atoms with Crippen molar-refractivity contribution >= 4 is 10.9 Å². The van der Waals surface area contributed by atoms with Crippen LogP contribution in [0.1, 0.15) is 49.2 Å². The van der Waals surface area contributed by atoms with Gasteiger partial charge >= 0.3 is 0 Å². The molecule has 1 N–H and O–H groups in total. The normalized spacial score (nSPS) is 16.6. The van der Waals surface area contributed by atoms with E-state index >= 15 is 0 Å². The molecule has 188 valence electrons. The maximum absolute atomic E-state index is 13.1. The molecule has 0 radical (unpaired) electrons. The summed E-state index contributed by atoms with van der Waals surface area (Å²) in [6.45, 7) is 4.65. The Kier molecular flexibility index (Phi) is 7.39. The van der Waals surface area contributed by atoms with Crippen molar-refractivity contribution in [2.24, 2.45) is 0 Å². The van der Waals surface area contributed by atoms with Crippen molar-refractivity contribution < 1.29 is 9.47 Å². The highest BCUT2D eigenvalue weighted by atomic mass is 16.5. The van der Waals surface area contributed by atoms with Crippen molar-refractivity contribution in [1.82, 2.24) is 30.1 Å². The third-order valence-electron chi connectivity index (χ3n) is 6.82. The molecule has 1 saturated heterocycles. The van der Waals surface area contributed by atoms with Crippen LogP contribution in [0.25, 0.3) is 10.9 Å². The Morgan fingerprint density at radius 1 is 1.22 bits per heavy atom. The Morgan fingerprint density at radius 3 is 2.83 bits per heavy atom. The minimum atomic E-state index is -0.0938. The monoisotopic (exact) mass is 488 g/mol. The number of aromatic nitrogens is 5. The zero-order valence-electron chi connectivity index (χ0n) is 20.8. The summed E-state index contributed by atoms with van der Waals surface area (Å²) < 4.78 is 13.2. The Balaban J connectivity index is 1.48. The smallest absolute Gasteiger partial charge is 0.252 e. The van der Waals surface area contributed by atoms with Gasteiger partial charge in [0.15, 0.2) is 5.82 Å². The molecule has 1 aliphatic rings. The van der Waals surface area contributed by atoms with Crippen molar-refractivity contribution in [3.63, 3.8) is 0 Å². The maximum Gasteiger partial charge on any atom is 0.252 e. The molecule has 2 aromatic heterocycles. The molecule has 2 aromatic carbocycles. The van der Waals surface area contributed by atoms with E-state index in [1.54, 1.807) is 7.11 Å². The topological polar surface area (TPSA) is 98.2 Å². The van der Waals surface area contributed by atoms with Crippen LogP contribution in [0.4, 0.5) is 0 Å². The van der Waals surface area contributed by atoms with Gasteiger partial charge in [0.1, 0.15) is 5.75 Å². The van der Waals surface area contributed by atoms with Crippen LogP contribution in [0, 0.1) is 0 Å². The second kappa shape index (κ2) is 11.0. The SMILES string of the molecule is CC[C@@H](c1nnnn1Cc1ccccc1)N(Cc1cc2cc(OC)ccc2[nH]c1=O)C[C@H]1CCCO1. The number of benzene rings is 2. The first-order valence-electron chi connectivity index (χ1n) is 12.5. The lowest BCUT2D eigenvalue weighted by Gasteiger charge is -2.32. The largest absolute Gasteiger partial charge is 0.497 e. The third kappa shape index (κ3) is 5.32. The number of tetrazole rings is 1. The predicted molar refractivity (Wildman–Crippen MR) is 137 cm³/mol. The van der Waals surface area contributed by atoms with Crippen molar-refractivity contribution in [2.75, 3.05) is 20.3 Å². The van der Waals surface area contributed by atoms with E-state index in [0.29, 0.717) is 25.2 Å². The summed E-state index contributed by atoms with van der Waals surface area (Å²) in [6.07, 6.45) is 2.98. The molecule has 0 saturated carbocycles. The van der Waals surface area contributed by atoms with E-state index in [1.807, 2.05) is 47.1 Å². The van der Waals surface area contributed by atoms with Crippen molar-refractivity contribution in [2.45, 2.75) is 51.4 Å². The summed E-state index contributed by atoms with van der Waals surface area (Å²) in [4.78, 5) is 18.4. The first-order chi connectivity index (χ1) is 17.6. The summed E-state index contributed by atoms with van der Waals surface area (Å²) in [5, 5.41) is 13.7. The average molecular weight is 489 g/mol. The molecule has 2 atom stereocenters. The molecule has 36 heavy (non-hydrogen) atoms. The van der Waals surface area contributed by atoms with Gasteiger partial charge in [-0.05, 0) is 59.5 Å². The fraction of sp³-hybridized carbons (Fsp3) is 0.407. The lowest BCUT2D eigenvalue weighted by molar-refractivity contribution is 0.0489. The Hall–Kier alpha value is -3.56. The van der Waals surface area contributed by atoms with Gasteiger partial charge in [-0.2, -0.15) is 0 Å². The number of nitrogens with zero attached hydrogens (tertiary/aromatic N) is 5. The van der Waals surface area contributed by atoms with Gasteiger partial charge in [-0.25, -0.2) is 4.68 Å². The molecule has 9 nitrogen and oxygen atoms in total. The van der Waals surface area contributed by atoms with Crippen LogP contribution in [0.15, 0.2) is 59.4 Å². The molecular weight excluding hydrogens is 456 g/mol. The van der Waals surface area contributed by atoms with Crippen LogP contribution in [-0.4, -0.2) is 56.5 Å². The molecule has 1 fully saturated rings. The molecule has 9 heteroatoms. The fourth-order valence-electron chi connectivity index (χ4n) is 4.97. The van der Waals surface area contributed by atoms with Gasteiger partial charge in [-0.1, -0.05) is 37.3 Å². The number of nitrogens with one attached hydrogen (secondary N) is 1. The minimum Gasteiger partial charge on any atom is -0.497 e. The Labute approximate surface area is 210 Å². The molecule has 0 bridgehead atoms. The highest BCUT2D eigenvalue weighted by Crippen LogP contribution is 2.27. The van der Waals surface area contributed by atoms with Gasteiger partial charge < -0.3 is 14.5 Å². The van der Waals surface area contributed by atoms with E-state index in [1.165, 1.54) is 0 Å². The van der Waals surface area contributed by atoms with E-state index in [0.717, 1.165) is 53.9 Å². The van der Waals surface area contributed by atoms with E-state index in [2.05, 4.69) is 44.5 Å². The van der Waals surface area contributed by atoms with Crippen LogP contribution in [0.3, 0.4) is 0 Å². The van der Waals surface area contributed by atoms with Gasteiger partial charge in [0.2, 0.25) is 0 Å². The second-order valence-corrected chi connectivity index (χ2v) is 9.25. The van der Waals surface area contributed by atoms with E-state index in [-0.39, 0.29) is 17.7 Å². The summed E-state index contributed by atoms with van der Waals surface area (Å²) in [5.41, 5.74) is 2.51. The molecular formula is C27H32N6O3. The zero-order valence-corrected chi connectivity index (χ0v) is 20.8. The number of rotatable bonds is 10. The maximum atomic E-state index is 13.1. The molecule has 0 unspecified atom stereocenters. The number of hydrogen-bond donors (Lipinski definition) is 1. The lowest BCUT2D eigenvalue weighted by atomic mass is 10.1. The highest BCUT2D eigenvalue weighted by molar-refractivity contribution is 5.80. The molecule has 0 amide bonds. The lowest BCUT2D eigenvalue weighted by Crippen LogP contribution is -2.37. The van der Waals surface area contributed by atoms with E-state index in [4.69, 9.17) is 9.47 Å². The molecule has 4 aromatic rings. The van der Waals surface area contributed by atoms with Crippen LogP contribution >= 0.6 is 0 Å². The fourth-order valence-corrected chi connectivity index (χ4v) is 4.97. The standard InChI is InChI=1S/C27H32N6O3/c1-3-25(26-29-30-31-33(26)16-19-8-5-4-6-9-19)32(18-23-10-7-13-36-23)17-21-14-20-15-22(35-2)11-12-24(20)28-27(21)34/h4-6,8-9,11-12,14-15,23,25H,3,7,10,13,16-18H2,1-2H3,(H,28,34)/t23-,25+/m1/s1. The summed E-state index contributed by atoms with van der Waals surface area (Å²) in [6, 6.07) is 17.7. The Morgan fingerprint density at radius 2 is 2.08 bits per heavy atom. The summed E-state index contributed by atoms with van der Waals surface area (Å²) in [5.74, 6) is 1.54. The number of ether oxygens (including phenoxy) is 2. The average Bonchev–Trinajstić information content (AvgIpc) is 3.58. The summed E-state index contributed by atoms with van der Waals surface area (Å²) >= 11 is 0. The van der Waals surface area contributed by atoms with Crippen molar-refractivity contribution in [1.29, 1.82) is 0 Å². The van der Waals surface area contributed by atoms with Crippen LogP contribution in [0.5, 0.6) is 5.75 Å². The van der Waals surface area contributed by atoms with E-state index in [9.17, 15) is 4.79 Å². The quantitative estimate of drug-likeness (QED) is 0.363. The number of fused-ring (bicyclic) bond motifs is 1. The minimum absolute atomic E-state index is 0.0756. The third-order valence-corrected chi connectivity index (χ3v) is 6.82. The molecule has 1 aliphatic heterocycles. The number of H-pyrrole nitrogens is 1. The number of aromatic amines is 1. The van der Waals surface area contributed by atoms with E-state index < -0.39 is 0 Å². The van der Waals surface area contributed by atoms with Crippen molar-refractivity contribution in [3.8, 4) is 5.75 Å². The highest BCUT2D eigenvalue weighted by Gasteiger charge is 2.29. The van der Waals surface area contributed by atoms with Crippen LogP contribution in [0.2, 0.25) is 0 Å². The van der Waals surface area contributed by atoms with Crippen LogP contribution < -0.4 is 10.3 Å². The molecule has 0 spiro atoms.